The minimum absolute atomic E-state index is 0.251. The van der Waals surface area contributed by atoms with Crippen molar-refractivity contribution in [1.82, 2.24) is 9.97 Å². The van der Waals surface area contributed by atoms with E-state index in [1.807, 2.05) is 0 Å². The molecule has 0 saturated heterocycles. The van der Waals surface area contributed by atoms with Gasteiger partial charge >= 0.3 is 5.91 Å². The van der Waals surface area contributed by atoms with Gasteiger partial charge in [0.25, 0.3) is 20.2 Å². The second-order valence-corrected chi connectivity index (χ2v) is 14.8. The van der Waals surface area contributed by atoms with Gasteiger partial charge in [-0.15, -0.1) is 0 Å². The van der Waals surface area contributed by atoms with Crippen molar-refractivity contribution in [3.8, 4) is 45.5 Å². The molecule has 2 heterocycles. The minimum Gasteiger partial charge on any atom is -0.495 e. The van der Waals surface area contributed by atoms with Crippen molar-refractivity contribution >= 4 is 54.8 Å². The van der Waals surface area contributed by atoms with Gasteiger partial charge in [0.05, 0.1) is 82.7 Å². The SMILES string of the molecule is COc1cc(-c2ccc(N(C)CC(OS(C)(=O)=O)(OS(C)(=O)=O)N(C)c3ccc(-c4cc(OC)c(Cl)c(OC)c4)nc3)cn2)cc(OC)c1Cl. The standard InChI is InChI=1S/C32H36Cl2N4O10S2/c1-37(22-9-11-24(35-17-22)20-13-26(43-3)30(33)27(14-20)44-4)19-32(47-49(7,39)40,48-50(8,41)42)38(2)23-10-12-25(36-18-23)21-15-28(45-5)31(34)29(16-21)46-6/h9-18H,19H2,1-8H3. The fraction of sp³-hybridized carbons (Fsp3) is 0.312. The highest BCUT2D eigenvalue weighted by Crippen LogP contribution is 2.40. The monoisotopic (exact) mass is 770 g/mol. The van der Waals surface area contributed by atoms with Crippen LogP contribution in [0.15, 0.2) is 60.9 Å². The number of pyridine rings is 2. The molecular formula is C32H36Cl2N4O10S2. The van der Waals surface area contributed by atoms with E-state index in [2.05, 4.69) is 9.97 Å². The number of benzene rings is 2. The van der Waals surface area contributed by atoms with E-state index in [9.17, 15) is 16.8 Å². The number of hydrogen-bond acceptors (Lipinski definition) is 14. The lowest BCUT2D eigenvalue weighted by Gasteiger charge is -2.42. The number of halogens is 2. The first-order valence-electron chi connectivity index (χ1n) is 14.5. The molecule has 270 valence electrons. The Morgan fingerprint density at radius 1 is 0.640 bits per heavy atom. The van der Waals surface area contributed by atoms with Crippen molar-refractivity contribution in [2.24, 2.45) is 0 Å². The summed E-state index contributed by atoms with van der Waals surface area (Å²) in [6.07, 6.45) is 4.49. The third kappa shape index (κ3) is 8.99. The molecule has 0 aliphatic rings. The predicted molar refractivity (Wildman–Crippen MR) is 192 cm³/mol. The molecule has 50 heavy (non-hydrogen) atoms. The van der Waals surface area contributed by atoms with E-state index in [0.29, 0.717) is 56.2 Å². The highest BCUT2D eigenvalue weighted by Gasteiger charge is 2.46. The number of ether oxygens (including phenoxy) is 4. The Morgan fingerprint density at radius 2 is 1.00 bits per heavy atom. The Morgan fingerprint density at radius 3 is 1.30 bits per heavy atom. The molecule has 0 unspecified atom stereocenters. The summed E-state index contributed by atoms with van der Waals surface area (Å²) in [4.78, 5) is 11.8. The lowest BCUT2D eigenvalue weighted by Crippen LogP contribution is -2.59. The number of anilines is 2. The Bertz CT molecular complexity index is 1970. The van der Waals surface area contributed by atoms with Crippen molar-refractivity contribution in [3.05, 3.63) is 71.0 Å². The molecule has 0 bridgehead atoms. The van der Waals surface area contributed by atoms with Crippen molar-refractivity contribution in [1.29, 1.82) is 0 Å². The van der Waals surface area contributed by atoms with Gasteiger partial charge in [-0.05, 0) is 48.5 Å². The first-order valence-corrected chi connectivity index (χ1v) is 18.8. The average molecular weight is 772 g/mol. The summed E-state index contributed by atoms with van der Waals surface area (Å²) in [6, 6.07) is 13.4. The van der Waals surface area contributed by atoms with Crippen LogP contribution in [0.3, 0.4) is 0 Å². The quantitative estimate of drug-likeness (QED) is 0.113. The lowest BCUT2D eigenvalue weighted by atomic mass is 10.1. The van der Waals surface area contributed by atoms with E-state index < -0.39 is 32.7 Å². The van der Waals surface area contributed by atoms with Crippen LogP contribution in [0.2, 0.25) is 10.0 Å². The maximum absolute atomic E-state index is 12.7. The third-order valence-corrected chi connectivity index (χ3v) is 9.19. The number of likely N-dealkylation sites (N-methyl/N-ethyl adjacent to an activating group) is 2. The van der Waals surface area contributed by atoms with Gasteiger partial charge in [0.2, 0.25) is 0 Å². The van der Waals surface area contributed by atoms with Crippen LogP contribution in [-0.4, -0.2) is 94.3 Å². The van der Waals surface area contributed by atoms with Gasteiger partial charge < -0.3 is 28.7 Å². The van der Waals surface area contributed by atoms with Gasteiger partial charge in [0.1, 0.15) is 33.0 Å². The molecule has 0 atom stereocenters. The fourth-order valence-electron chi connectivity index (χ4n) is 4.92. The zero-order valence-electron chi connectivity index (χ0n) is 28.4. The van der Waals surface area contributed by atoms with Crippen molar-refractivity contribution in [2.75, 3.05) is 71.4 Å². The smallest absolute Gasteiger partial charge is 0.300 e. The second kappa shape index (κ2) is 15.4. The Balaban J connectivity index is 1.73. The van der Waals surface area contributed by atoms with Crippen LogP contribution in [-0.2, 0) is 28.6 Å². The predicted octanol–water partition coefficient (Wildman–Crippen LogP) is 5.33. The molecule has 18 heteroatoms. The molecule has 0 aliphatic heterocycles. The zero-order chi connectivity index (χ0) is 37.0. The van der Waals surface area contributed by atoms with Gasteiger partial charge in [-0.1, -0.05) is 23.2 Å². The van der Waals surface area contributed by atoms with E-state index in [1.54, 1.807) is 55.6 Å². The van der Waals surface area contributed by atoms with Gasteiger partial charge in [-0.25, -0.2) is 8.37 Å². The molecule has 0 radical (unpaired) electrons. The molecule has 0 fully saturated rings. The Hall–Kier alpha value is -4.06. The largest absolute Gasteiger partial charge is 0.495 e. The number of hydrogen-bond donors (Lipinski definition) is 0. The van der Waals surface area contributed by atoms with Gasteiger partial charge in [0, 0.05) is 25.2 Å². The maximum atomic E-state index is 12.7. The molecule has 4 aromatic rings. The molecule has 0 amide bonds. The summed E-state index contributed by atoms with van der Waals surface area (Å²) in [6.45, 7) is -0.444. The fourth-order valence-corrected chi connectivity index (χ4v) is 6.83. The second-order valence-electron chi connectivity index (χ2n) is 10.9. The van der Waals surface area contributed by atoms with Crippen LogP contribution >= 0.6 is 23.2 Å². The van der Waals surface area contributed by atoms with E-state index in [-0.39, 0.29) is 10.7 Å². The van der Waals surface area contributed by atoms with Crippen molar-refractivity contribution < 1.29 is 44.1 Å². The van der Waals surface area contributed by atoms with Crippen LogP contribution in [0.1, 0.15) is 0 Å². The first kappa shape index (κ1) is 38.7. The number of rotatable bonds is 15. The summed E-state index contributed by atoms with van der Waals surface area (Å²) in [5.41, 5.74) is 3.00. The van der Waals surface area contributed by atoms with Gasteiger partial charge in [0.15, 0.2) is 0 Å². The number of aromatic nitrogens is 2. The molecular weight excluding hydrogens is 735 g/mol. The molecule has 4 rings (SSSR count). The first-order chi connectivity index (χ1) is 23.4. The normalized spacial score (nSPS) is 12.0. The van der Waals surface area contributed by atoms with Crippen LogP contribution in [0, 0.1) is 0 Å². The van der Waals surface area contributed by atoms with Crippen LogP contribution < -0.4 is 28.7 Å². The summed E-state index contributed by atoms with van der Waals surface area (Å²) >= 11 is 12.6. The summed E-state index contributed by atoms with van der Waals surface area (Å²) in [5, 5.41) is 0.595. The summed E-state index contributed by atoms with van der Waals surface area (Å²) < 4.78 is 83.1. The molecule has 2 aromatic heterocycles. The molecule has 14 nitrogen and oxygen atoms in total. The van der Waals surface area contributed by atoms with E-state index in [1.165, 1.54) is 57.7 Å². The van der Waals surface area contributed by atoms with E-state index >= 15 is 0 Å². The lowest BCUT2D eigenvalue weighted by molar-refractivity contribution is -0.0930. The minimum atomic E-state index is -4.33. The van der Waals surface area contributed by atoms with Crippen LogP contribution in [0.25, 0.3) is 22.5 Å². The van der Waals surface area contributed by atoms with Crippen molar-refractivity contribution in [2.45, 2.75) is 5.91 Å². The Kier molecular flexibility index (Phi) is 12.0. The molecule has 0 aliphatic carbocycles. The molecule has 2 aromatic carbocycles. The number of nitrogens with zero attached hydrogens (tertiary/aromatic N) is 4. The third-order valence-electron chi connectivity index (χ3n) is 7.32. The highest BCUT2D eigenvalue weighted by atomic mass is 35.5. The summed E-state index contributed by atoms with van der Waals surface area (Å²) in [5.74, 6) is -0.930. The van der Waals surface area contributed by atoms with Crippen LogP contribution in [0.4, 0.5) is 11.4 Å². The van der Waals surface area contributed by atoms with Crippen LogP contribution in [0.5, 0.6) is 23.0 Å². The van der Waals surface area contributed by atoms with Gasteiger partial charge in [-0.3, -0.25) is 9.97 Å². The van der Waals surface area contributed by atoms with Crippen molar-refractivity contribution in [3.63, 3.8) is 0 Å². The molecule has 0 spiro atoms. The topological polar surface area (TPSA) is 156 Å². The van der Waals surface area contributed by atoms with E-state index in [4.69, 9.17) is 50.5 Å². The highest BCUT2D eigenvalue weighted by molar-refractivity contribution is 7.86. The zero-order valence-corrected chi connectivity index (χ0v) is 31.6. The maximum Gasteiger partial charge on any atom is 0.300 e. The Labute approximate surface area is 301 Å². The molecule has 0 N–H and O–H groups in total. The molecule has 0 saturated carbocycles. The summed E-state index contributed by atoms with van der Waals surface area (Å²) in [7, 11) is 0.235. The number of methoxy groups -OCH3 is 4. The average Bonchev–Trinajstić information content (AvgIpc) is 3.06. The van der Waals surface area contributed by atoms with Gasteiger partial charge in [-0.2, -0.15) is 16.8 Å². The van der Waals surface area contributed by atoms with E-state index in [0.717, 1.165) is 12.5 Å².